The van der Waals surface area contributed by atoms with Crippen molar-refractivity contribution in [3.63, 3.8) is 0 Å². The van der Waals surface area contributed by atoms with E-state index in [2.05, 4.69) is 10.1 Å². The predicted molar refractivity (Wildman–Crippen MR) is 114 cm³/mol. The van der Waals surface area contributed by atoms with Gasteiger partial charge in [0.1, 0.15) is 12.4 Å². The van der Waals surface area contributed by atoms with Gasteiger partial charge in [0.15, 0.2) is 0 Å². The number of carbonyl (C=O) groups excluding carboxylic acids is 2. The van der Waals surface area contributed by atoms with Crippen molar-refractivity contribution in [2.45, 2.75) is 19.3 Å². The van der Waals surface area contributed by atoms with E-state index in [-0.39, 0.29) is 24.9 Å². The largest absolute Gasteiger partial charge is 0.370 e. The van der Waals surface area contributed by atoms with Gasteiger partial charge in [-0.05, 0) is 35.9 Å². The molecular formula is C23H24FN5O3. The maximum Gasteiger partial charge on any atom is 0.254 e. The van der Waals surface area contributed by atoms with Gasteiger partial charge in [0.05, 0.1) is 18.9 Å². The van der Waals surface area contributed by atoms with E-state index in [0.29, 0.717) is 25.3 Å². The Labute approximate surface area is 185 Å². The van der Waals surface area contributed by atoms with Crippen LogP contribution in [0.25, 0.3) is 0 Å². The lowest BCUT2D eigenvalue weighted by molar-refractivity contribution is -0.132. The molecule has 9 heteroatoms. The van der Waals surface area contributed by atoms with E-state index in [1.54, 1.807) is 28.2 Å². The molecule has 8 nitrogen and oxygen atoms in total. The Hall–Kier alpha value is -3.59. The molecule has 1 atom stereocenters. The van der Waals surface area contributed by atoms with Crippen LogP contribution in [0.2, 0.25) is 0 Å². The first-order valence-electron chi connectivity index (χ1n) is 10.3. The Morgan fingerprint density at radius 2 is 1.97 bits per heavy atom. The molecule has 2 amide bonds. The molecule has 2 aromatic heterocycles. The quantitative estimate of drug-likeness (QED) is 0.590. The van der Waals surface area contributed by atoms with Crippen molar-refractivity contribution < 1.29 is 18.7 Å². The Morgan fingerprint density at radius 3 is 2.66 bits per heavy atom. The second-order valence-electron chi connectivity index (χ2n) is 7.78. The highest BCUT2D eigenvalue weighted by Gasteiger charge is 2.31. The molecule has 0 aliphatic carbocycles. The molecule has 0 N–H and O–H groups in total. The smallest absolute Gasteiger partial charge is 0.254 e. The van der Waals surface area contributed by atoms with E-state index in [9.17, 15) is 14.0 Å². The monoisotopic (exact) mass is 437 g/mol. The molecule has 0 bridgehead atoms. The summed E-state index contributed by atoms with van der Waals surface area (Å²) in [5, 5.41) is 4.16. The van der Waals surface area contributed by atoms with Crippen molar-refractivity contribution in [1.82, 2.24) is 24.6 Å². The van der Waals surface area contributed by atoms with Gasteiger partial charge < -0.3 is 14.5 Å². The first-order chi connectivity index (χ1) is 15.5. The van der Waals surface area contributed by atoms with Crippen LogP contribution in [-0.2, 0) is 29.7 Å². The average molecular weight is 437 g/mol. The van der Waals surface area contributed by atoms with Gasteiger partial charge >= 0.3 is 0 Å². The predicted octanol–water partition coefficient (Wildman–Crippen LogP) is 2.02. The van der Waals surface area contributed by atoms with Gasteiger partial charge in [0.2, 0.25) is 5.91 Å². The summed E-state index contributed by atoms with van der Waals surface area (Å²) in [4.78, 5) is 33.3. The lowest BCUT2D eigenvalue weighted by Crippen LogP contribution is -2.39. The zero-order valence-corrected chi connectivity index (χ0v) is 17.7. The molecule has 0 radical (unpaired) electrons. The van der Waals surface area contributed by atoms with E-state index in [1.807, 2.05) is 25.4 Å². The molecule has 1 unspecified atom stereocenters. The number of pyridine rings is 1. The zero-order chi connectivity index (χ0) is 22.5. The highest BCUT2D eigenvalue weighted by Crippen LogP contribution is 2.16. The maximum absolute atomic E-state index is 13.3. The number of aromatic nitrogens is 3. The molecule has 0 saturated carbocycles. The lowest BCUT2D eigenvalue weighted by atomic mass is 10.2. The van der Waals surface area contributed by atoms with Crippen LogP contribution in [0.5, 0.6) is 0 Å². The van der Waals surface area contributed by atoms with Crippen molar-refractivity contribution >= 4 is 11.8 Å². The van der Waals surface area contributed by atoms with Crippen LogP contribution in [0.15, 0.2) is 61.2 Å². The minimum absolute atomic E-state index is 0.0801. The Kier molecular flexibility index (Phi) is 6.55. The molecule has 1 aliphatic heterocycles. The number of hydrogen-bond donors (Lipinski definition) is 0. The molecule has 1 aromatic carbocycles. The number of aryl methyl sites for hydroxylation is 1. The molecule has 1 saturated heterocycles. The Balaban J connectivity index is 1.53. The van der Waals surface area contributed by atoms with Crippen molar-refractivity contribution in [2.24, 2.45) is 7.05 Å². The summed E-state index contributed by atoms with van der Waals surface area (Å²) in [6.45, 7) is 1.18. The average Bonchev–Trinajstić information content (AvgIpc) is 3.14. The Morgan fingerprint density at radius 1 is 1.16 bits per heavy atom. The number of rotatable bonds is 6. The topological polar surface area (TPSA) is 80.6 Å². The summed E-state index contributed by atoms with van der Waals surface area (Å²) >= 11 is 0. The molecule has 166 valence electrons. The van der Waals surface area contributed by atoms with Crippen LogP contribution in [0.3, 0.4) is 0 Å². The summed E-state index contributed by atoms with van der Waals surface area (Å²) in [5.74, 6) is -0.942. The van der Waals surface area contributed by atoms with E-state index in [4.69, 9.17) is 4.74 Å². The van der Waals surface area contributed by atoms with E-state index in [0.717, 1.165) is 11.1 Å². The number of ether oxygens (including phenoxy) is 1. The summed E-state index contributed by atoms with van der Waals surface area (Å²) in [6, 6.07) is 9.05. The van der Waals surface area contributed by atoms with Gasteiger partial charge in [0.25, 0.3) is 5.91 Å². The molecule has 1 fully saturated rings. The molecule has 0 spiro atoms. The van der Waals surface area contributed by atoms with E-state index in [1.165, 1.54) is 29.2 Å². The minimum Gasteiger partial charge on any atom is -0.370 e. The third kappa shape index (κ3) is 5.36. The normalized spacial score (nSPS) is 16.8. The zero-order valence-electron chi connectivity index (χ0n) is 17.7. The molecule has 4 rings (SSSR count). The first kappa shape index (κ1) is 21.6. The van der Waals surface area contributed by atoms with Crippen molar-refractivity contribution in [1.29, 1.82) is 0 Å². The summed E-state index contributed by atoms with van der Waals surface area (Å²) in [5.41, 5.74) is 2.12. The van der Waals surface area contributed by atoms with Crippen LogP contribution in [0.1, 0.15) is 21.5 Å². The van der Waals surface area contributed by atoms with Gasteiger partial charge in [-0.15, -0.1) is 0 Å². The molecule has 1 aliphatic rings. The fourth-order valence-electron chi connectivity index (χ4n) is 3.64. The van der Waals surface area contributed by atoms with Crippen molar-refractivity contribution in [3.8, 4) is 0 Å². The standard InChI is InChI=1S/C23H24FN5O3/c1-27-11-18(10-26-27)12-28-13-21(32-16-17-3-2-8-25-9-17)14-29(15-22(28)30)23(31)19-4-6-20(24)7-5-19/h2-11,21H,12-16H2,1H3. The van der Waals surface area contributed by atoms with E-state index < -0.39 is 11.9 Å². The second kappa shape index (κ2) is 9.69. The first-order valence-corrected chi connectivity index (χ1v) is 10.3. The fourth-order valence-corrected chi connectivity index (χ4v) is 3.64. The highest BCUT2D eigenvalue weighted by molar-refractivity contribution is 5.96. The number of benzene rings is 1. The van der Waals surface area contributed by atoms with E-state index >= 15 is 0 Å². The van der Waals surface area contributed by atoms with Gasteiger partial charge in [0, 0.05) is 56.4 Å². The van der Waals surface area contributed by atoms with Crippen molar-refractivity contribution in [2.75, 3.05) is 19.6 Å². The number of nitrogens with zero attached hydrogens (tertiary/aromatic N) is 5. The minimum atomic E-state index is -0.422. The number of amides is 2. The third-order valence-electron chi connectivity index (χ3n) is 5.25. The van der Waals surface area contributed by atoms with Crippen LogP contribution >= 0.6 is 0 Å². The number of hydrogen-bond acceptors (Lipinski definition) is 5. The SMILES string of the molecule is Cn1cc(CN2CC(OCc3cccnc3)CN(C(=O)c3ccc(F)cc3)CC2=O)cn1. The number of halogens is 1. The van der Waals surface area contributed by atoms with Crippen LogP contribution in [-0.4, -0.2) is 62.1 Å². The van der Waals surface area contributed by atoms with Gasteiger partial charge in [-0.3, -0.25) is 19.3 Å². The van der Waals surface area contributed by atoms with Crippen LogP contribution in [0, 0.1) is 5.82 Å². The molecular weight excluding hydrogens is 413 g/mol. The highest BCUT2D eigenvalue weighted by atomic mass is 19.1. The van der Waals surface area contributed by atoms with Crippen LogP contribution in [0.4, 0.5) is 4.39 Å². The fraction of sp³-hybridized carbons (Fsp3) is 0.304. The van der Waals surface area contributed by atoms with Gasteiger partial charge in [-0.25, -0.2) is 4.39 Å². The Bertz CT molecular complexity index is 1070. The molecule has 3 aromatic rings. The van der Waals surface area contributed by atoms with Gasteiger partial charge in [-0.1, -0.05) is 6.07 Å². The second-order valence-corrected chi connectivity index (χ2v) is 7.78. The number of carbonyl (C=O) groups is 2. The molecule has 32 heavy (non-hydrogen) atoms. The van der Waals surface area contributed by atoms with Crippen LogP contribution < -0.4 is 0 Å². The van der Waals surface area contributed by atoms with Crippen molar-refractivity contribution in [3.05, 3.63) is 83.7 Å². The maximum atomic E-state index is 13.3. The lowest BCUT2D eigenvalue weighted by Gasteiger charge is -2.24. The molecule has 3 heterocycles. The summed E-state index contributed by atoms with van der Waals surface area (Å²) in [6.07, 6.45) is 6.57. The summed E-state index contributed by atoms with van der Waals surface area (Å²) in [7, 11) is 1.82. The summed E-state index contributed by atoms with van der Waals surface area (Å²) < 4.78 is 21.1. The van der Waals surface area contributed by atoms with Gasteiger partial charge in [-0.2, -0.15) is 5.10 Å². The third-order valence-corrected chi connectivity index (χ3v) is 5.25.